The summed E-state index contributed by atoms with van der Waals surface area (Å²) in [6.45, 7) is 2.43. The minimum atomic E-state index is 0.801. The summed E-state index contributed by atoms with van der Waals surface area (Å²) in [5, 5.41) is 0. The van der Waals surface area contributed by atoms with Gasteiger partial charge in [-0.2, -0.15) is 0 Å². The maximum atomic E-state index is 5.16. The van der Waals surface area contributed by atoms with Crippen LogP contribution in [0, 0.1) is 17.8 Å². The van der Waals surface area contributed by atoms with Gasteiger partial charge in [-0.1, -0.05) is 83.3 Å². The Morgan fingerprint density at radius 2 is 1.15 bits per heavy atom. The van der Waals surface area contributed by atoms with Crippen LogP contribution in [0.4, 0.5) is 0 Å². The molecule has 27 heavy (non-hydrogen) atoms. The largest absolute Gasteiger partial charge is 0.497 e. The lowest BCUT2D eigenvalue weighted by Gasteiger charge is -2.34. The number of hydrogen-bond donors (Lipinski definition) is 0. The smallest absolute Gasteiger partial charge is 0.118 e. The number of methoxy groups -OCH3 is 1. The molecule has 4 rings (SSSR count). The highest BCUT2D eigenvalue weighted by molar-refractivity contribution is 5.29. The maximum absolute atomic E-state index is 5.16. The van der Waals surface area contributed by atoms with Gasteiger partial charge in [0.25, 0.3) is 0 Å². The first kappa shape index (κ1) is 20.7. The van der Waals surface area contributed by atoms with Crippen molar-refractivity contribution in [2.75, 3.05) is 7.11 Å². The zero-order valence-electron chi connectivity index (χ0n) is 17.9. The Kier molecular flexibility index (Phi) is 8.55. The molecule has 3 fully saturated rings. The topological polar surface area (TPSA) is 9.23 Å². The standard InChI is InChI=1S/C13H18O.C13H24/c1-14-13-9-7-12(8-10-13)11-5-3-2-4-6-11;1-11-7-9-13(10-8-11)12-5-3-2-4-6-12/h7-11H,2-6H2,1H3;11-13H,2-10H2,1H3. The van der Waals surface area contributed by atoms with E-state index in [0.29, 0.717) is 0 Å². The summed E-state index contributed by atoms with van der Waals surface area (Å²) < 4.78 is 5.16. The summed E-state index contributed by atoms with van der Waals surface area (Å²) in [4.78, 5) is 0. The van der Waals surface area contributed by atoms with Gasteiger partial charge in [-0.25, -0.2) is 0 Å². The molecule has 3 aliphatic carbocycles. The van der Waals surface area contributed by atoms with Crippen molar-refractivity contribution in [1.29, 1.82) is 0 Å². The molecule has 0 unspecified atom stereocenters. The van der Waals surface area contributed by atoms with Crippen molar-refractivity contribution in [3.05, 3.63) is 29.8 Å². The first-order chi connectivity index (χ1) is 13.3. The fourth-order valence-corrected chi connectivity index (χ4v) is 5.67. The summed E-state index contributed by atoms with van der Waals surface area (Å²) >= 11 is 0. The second-order valence-corrected chi connectivity index (χ2v) is 9.53. The lowest BCUT2D eigenvalue weighted by Crippen LogP contribution is -2.22. The Hall–Kier alpha value is -0.980. The molecule has 0 atom stereocenters. The molecule has 3 aliphatic rings. The lowest BCUT2D eigenvalue weighted by atomic mass is 9.71. The summed E-state index contributed by atoms with van der Waals surface area (Å²) in [5.41, 5.74) is 1.49. The van der Waals surface area contributed by atoms with Crippen LogP contribution >= 0.6 is 0 Å². The molecule has 0 bridgehead atoms. The van der Waals surface area contributed by atoms with Crippen molar-refractivity contribution in [3.8, 4) is 5.75 Å². The molecule has 0 saturated heterocycles. The second kappa shape index (κ2) is 11.1. The Morgan fingerprint density at radius 1 is 0.630 bits per heavy atom. The van der Waals surface area contributed by atoms with Gasteiger partial charge in [-0.3, -0.25) is 0 Å². The van der Waals surface area contributed by atoms with Crippen LogP contribution in [-0.4, -0.2) is 7.11 Å². The molecule has 1 aromatic carbocycles. The van der Waals surface area contributed by atoms with Crippen LogP contribution in [-0.2, 0) is 0 Å². The Balaban J connectivity index is 0.000000156. The number of rotatable bonds is 3. The quantitative estimate of drug-likeness (QED) is 0.521. The highest BCUT2D eigenvalue weighted by Gasteiger charge is 2.26. The van der Waals surface area contributed by atoms with E-state index < -0.39 is 0 Å². The van der Waals surface area contributed by atoms with E-state index in [9.17, 15) is 0 Å². The predicted octanol–water partition coefficient (Wildman–Crippen LogP) is 8.14. The molecule has 0 spiro atoms. The third kappa shape index (κ3) is 6.54. The summed E-state index contributed by atoms with van der Waals surface area (Å²) in [6, 6.07) is 8.58. The van der Waals surface area contributed by atoms with E-state index in [4.69, 9.17) is 4.74 Å². The normalized spacial score (nSPS) is 27.5. The molecule has 0 aromatic heterocycles. The molecule has 1 heteroatoms. The minimum absolute atomic E-state index is 0.801. The average molecular weight is 371 g/mol. The summed E-state index contributed by atoms with van der Waals surface area (Å²) in [5.74, 6) is 5.04. The van der Waals surface area contributed by atoms with E-state index in [2.05, 4.69) is 31.2 Å². The summed E-state index contributed by atoms with van der Waals surface area (Å²) in [6.07, 6.45) is 20.8. The molecule has 1 aromatic rings. The predicted molar refractivity (Wildman–Crippen MR) is 117 cm³/mol. The van der Waals surface area contributed by atoms with E-state index >= 15 is 0 Å². The zero-order chi connectivity index (χ0) is 18.9. The third-order valence-corrected chi connectivity index (χ3v) is 7.57. The average Bonchev–Trinajstić information content (AvgIpc) is 2.76. The third-order valence-electron chi connectivity index (χ3n) is 7.57. The fourth-order valence-electron chi connectivity index (χ4n) is 5.67. The lowest BCUT2D eigenvalue weighted by molar-refractivity contribution is 0.173. The highest BCUT2D eigenvalue weighted by Crippen LogP contribution is 2.39. The molecule has 0 heterocycles. The van der Waals surface area contributed by atoms with E-state index in [-0.39, 0.29) is 0 Å². The molecule has 3 saturated carbocycles. The van der Waals surface area contributed by atoms with Gasteiger partial charge in [0, 0.05) is 0 Å². The van der Waals surface area contributed by atoms with Gasteiger partial charge in [-0.15, -0.1) is 0 Å². The Bertz CT molecular complexity index is 500. The van der Waals surface area contributed by atoms with E-state index in [1.807, 2.05) is 0 Å². The van der Waals surface area contributed by atoms with Gasteiger partial charge < -0.3 is 4.74 Å². The van der Waals surface area contributed by atoms with Gasteiger partial charge in [0.1, 0.15) is 5.75 Å². The molecular weight excluding hydrogens is 328 g/mol. The molecule has 0 radical (unpaired) electrons. The van der Waals surface area contributed by atoms with Crippen molar-refractivity contribution < 1.29 is 4.74 Å². The number of hydrogen-bond acceptors (Lipinski definition) is 1. The first-order valence-corrected chi connectivity index (χ1v) is 11.9. The fraction of sp³-hybridized carbons (Fsp3) is 0.769. The monoisotopic (exact) mass is 370 g/mol. The van der Waals surface area contributed by atoms with E-state index in [1.54, 1.807) is 32.8 Å². The van der Waals surface area contributed by atoms with Gasteiger partial charge >= 0.3 is 0 Å². The van der Waals surface area contributed by atoms with Crippen molar-refractivity contribution in [2.24, 2.45) is 17.8 Å². The maximum Gasteiger partial charge on any atom is 0.118 e. The van der Waals surface area contributed by atoms with Crippen molar-refractivity contribution >= 4 is 0 Å². The van der Waals surface area contributed by atoms with Crippen LogP contribution in [0.1, 0.15) is 108 Å². The van der Waals surface area contributed by atoms with Crippen LogP contribution in [0.15, 0.2) is 24.3 Å². The molecule has 152 valence electrons. The molecule has 0 aliphatic heterocycles. The Morgan fingerprint density at radius 3 is 1.70 bits per heavy atom. The van der Waals surface area contributed by atoms with Crippen molar-refractivity contribution in [2.45, 2.75) is 103 Å². The zero-order valence-corrected chi connectivity index (χ0v) is 17.9. The van der Waals surface area contributed by atoms with Crippen LogP contribution in [0.3, 0.4) is 0 Å². The van der Waals surface area contributed by atoms with Gasteiger partial charge in [-0.05, 0) is 67.1 Å². The molecular formula is C26H42O. The second-order valence-electron chi connectivity index (χ2n) is 9.53. The Labute approximate surface area is 168 Å². The SMILES string of the molecule is CC1CCC(C2CCCCC2)CC1.COc1ccc(C2CCCCC2)cc1. The van der Waals surface area contributed by atoms with Crippen LogP contribution in [0.25, 0.3) is 0 Å². The molecule has 1 nitrogen and oxygen atoms in total. The van der Waals surface area contributed by atoms with Crippen LogP contribution < -0.4 is 4.74 Å². The molecule has 0 amide bonds. The van der Waals surface area contributed by atoms with Crippen LogP contribution in [0.5, 0.6) is 5.75 Å². The van der Waals surface area contributed by atoms with Crippen molar-refractivity contribution in [3.63, 3.8) is 0 Å². The number of benzene rings is 1. The molecule has 0 N–H and O–H groups in total. The highest BCUT2D eigenvalue weighted by atomic mass is 16.5. The van der Waals surface area contributed by atoms with E-state index in [1.165, 1.54) is 69.8 Å². The van der Waals surface area contributed by atoms with Gasteiger partial charge in [0.15, 0.2) is 0 Å². The van der Waals surface area contributed by atoms with E-state index in [0.717, 1.165) is 29.4 Å². The van der Waals surface area contributed by atoms with Crippen molar-refractivity contribution in [1.82, 2.24) is 0 Å². The van der Waals surface area contributed by atoms with Gasteiger partial charge in [0.2, 0.25) is 0 Å². The van der Waals surface area contributed by atoms with Gasteiger partial charge in [0.05, 0.1) is 7.11 Å². The first-order valence-electron chi connectivity index (χ1n) is 11.9. The minimum Gasteiger partial charge on any atom is -0.497 e. The summed E-state index contributed by atoms with van der Waals surface area (Å²) in [7, 11) is 1.72. The number of ether oxygens (including phenoxy) is 1. The van der Waals surface area contributed by atoms with Crippen LogP contribution in [0.2, 0.25) is 0 Å².